The lowest BCUT2D eigenvalue weighted by Gasteiger charge is -2.29. The monoisotopic (exact) mass is 443 g/mol. The fourth-order valence-electron chi connectivity index (χ4n) is 3.80. The van der Waals surface area contributed by atoms with Crippen LogP contribution >= 0.6 is 11.6 Å². The van der Waals surface area contributed by atoms with Crippen molar-refractivity contribution in [2.75, 3.05) is 0 Å². The lowest BCUT2D eigenvalue weighted by Crippen LogP contribution is -2.52. The SMILES string of the molecule is Cc1ccc(C(=O)NCc2ccc3c(c2Cl)CN(C2CCC(=O)NC2=O)C3=O)cc1F. The molecule has 1 saturated heterocycles. The zero-order chi connectivity index (χ0) is 22.3. The number of carbonyl (C=O) groups is 4. The Morgan fingerprint density at radius 3 is 2.74 bits per heavy atom. The molecule has 4 rings (SSSR count). The van der Waals surface area contributed by atoms with Crippen LogP contribution in [0.1, 0.15) is 50.2 Å². The second kappa shape index (κ2) is 8.11. The van der Waals surface area contributed by atoms with Crippen molar-refractivity contribution in [1.29, 1.82) is 0 Å². The molecule has 0 aromatic heterocycles. The number of halogens is 2. The van der Waals surface area contributed by atoms with Crippen molar-refractivity contribution in [3.05, 3.63) is 69.0 Å². The number of nitrogens with one attached hydrogen (secondary N) is 2. The molecule has 2 aromatic carbocycles. The number of carbonyl (C=O) groups excluding carboxylic acids is 4. The van der Waals surface area contributed by atoms with Crippen LogP contribution < -0.4 is 10.6 Å². The van der Waals surface area contributed by atoms with Gasteiger partial charge in [0.25, 0.3) is 11.8 Å². The number of aryl methyl sites for hydroxylation is 1. The van der Waals surface area contributed by atoms with Gasteiger partial charge in [0.15, 0.2) is 0 Å². The summed E-state index contributed by atoms with van der Waals surface area (Å²) < 4.78 is 13.7. The van der Waals surface area contributed by atoms with Gasteiger partial charge in [-0.1, -0.05) is 23.7 Å². The quantitative estimate of drug-likeness (QED) is 0.710. The maximum Gasteiger partial charge on any atom is 0.255 e. The minimum Gasteiger partial charge on any atom is -0.348 e. The molecule has 31 heavy (non-hydrogen) atoms. The number of hydrogen-bond acceptors (Lipinski definition) is 4. The van der Waals surface area contributed by atoms with Gasteiger partial charge in [-0.05, 0) is 42.7 Å². The van der Waals surface area contributed by atoms with E-state index in [1.807, 2.05) is 0 Å². The van der Waals surface area contributed by atoms with Gasteiger partial charge in [-0.2, -0.15) is 0 Å². The highest BCUT2D eigenvalue weighted by atomic mass is 35.5. The van der Waals surface area contributed by atoms with Gasteiger partial charge in [0.2, 0.25) is 11.8 Å². The van der Waals surface area contributed by atoms with E-state index >= 15 is 0 Å². The number of rotatable bonds is 4. The summed E-state index contributed by atoms with van der Waals surface area (Å²) in [6.07, 6.45) is 0.430. The molecular weight excluding hydrogens is 425 g/mol. The Hall–Kier alpha value is -3.26. The molecule has 1 unspecified atom stereocenters. The van der Waals surface area contributed by atoms with E-state index in [4.69, 9.17) is 11.6 Å². The average Bonchev–Trinajstić information content (AvgIpc) is 3.06. The van der Waals surface area contributed by atoms with Gasteiger partial charge in [0, 0.05) is 36.2 Å². The summed E-state index contributed by atoms with van der Waals surface area (Å²) in [6.45, 7) is 1.85. The number of benzene rings is 2. The standard InChI is InChI=1S/C22H19ClFN3O4/c1-11-2-3-12(8-16(11)24)20(29)25-9-13-4-5-14-15(19(13)23)10-27(22(14)31)17-6-7-18(28)26-21(17)30/h2-5,8,17H,6-7,9-10H2,1H3,(H,25,29)(H,26,28,30). The van der Waals surface area contributed by atoms with E-state index in [1.54, 1.807) is 19.1 Å². The molecule has 2 aliphatic rings. The third-order valence-electron chi connectivity index (χ3n) is 5.60. The minimum absolute atomic E-state index is 0.0903. The topological polar surface area (TPSA) is 95.6 Å². The first-order valence-electron chi connectivity index (χ1n) is 9.75. The summed E-state index contributed by atoms with van der Waals surface area (Å²) in [5, 5.41) is 5.29. The number of piperidine rings is 1. The largest absolute Gasteiger partial charge is 0.348 e. The van der Waals surface area contributed by atoms with E-state index < -0.39 is 23.7 Å². The molecule has 0 saturated carbocycles. The van der Waals surface area contributed by atoms with Gasteiger partial charge < -0.3 is 10.2 Å². The molecule has 2 N–H and O–H groups in total. The molecule has 0 bridgehead atoms. The van der Waals surface area contributed by atoms with Crippen LogP contribution in [0.5, 0.6) is 0 Å². The highest BCUT2D eigenvalue weighted by Gasteiger charge is 2.40. The summed E-state index contributed by atoms with van der Waals surface area (Å²) in [7, 11) is 0. The Kier molecular flexibility index (Phi) is 5.49. The molecule has 1 fully saturated rings. The molecule has 1 atom stereocenters. The Morgan fingerprint density at radius 1 is 1.26 bits per heavy atom. The molecule has 4 amide bonds. The summed E-state index contributed by atoms with van der Waals surface area (Å²) >= 11 is 6.51. The van der Waals surface area contributed by atoms with Crippen LogP contribution in [0.15, 0.2) is 30.3 Å². The number of imide groups is 1. The molecule has 2 aromatic rings. The minimum atomic E-state index is -0.728. The summed E-state index contributed by atoms with van der Waals surface area (Å²) in [4.78, 5) is 50.1. The molecule has 0 radical (unpaired) electrons. The first-order valence-corrected chi connectivity index (χ1v) is 10.1. The van der Waals surface area contributed by atoms with Crippen molar-refractivity contribution >= 4 is 35.2 Å². The van der Waals surface area contributed by atoms with Crippen LogP contribution in [-0.2, 0) is 22.7 Å². The molecule has 2 aliphatic heterocycles. The van der Waals surface area contributed by atoms with Crippen LogP contribution in [0, 0.1) is 12.7 Å². The zero-order valence-corrected chi connectivity index (χ0v) is 17.4. The molecule has 160 valence electrons. The van der Waals surface area contributed by atoms with Gasteiger partial charge >= 0.3 is 0 Å². The predicted octanol–water partition coefficient (Wildman–Crippen LogP) is 2.48. The third kappa shape index (κ3) is 3.90. The van der Waals surface area contributed by atoms with Crippen LogP contribution in [-0.4, -0.2) is 34.6 Å². The van der Waals surface area contributed by atoms with Crippen LogP contribution in [0.3, 0.4) is 0 Å². The lowest BCUT2D eigenvalue weighted by molar-refractivity contribution is -0.136. The summed E-state index contributed by atoms with van der Waals surface area (Å²) in [5.74, 6) is -2.08. The molecule has 2 heterocycles. The van der Waals surface area contributed by atoms with Crippen molar-refractivity contribution in [2.45, 2.75) is 38.9 Å². The average molecular weight is 444 g/mol. The van der Waals surface area contributed by atoms with Crippen molar-refractivity contribution in [3.63, 3.8) is 0 Å². The smallest absolute Gasteiger partial charge is 0.255 e. The summed E-state index contributed by atoms with van der Waals surface area (Å²) in [5.41, 5.74) is 2.21. The lowest BCUT2D eigenvalue weighted by atomic mass is 10.0. The van der Waals surface area contributed by atoms with Gasteiger partial charge in [-0.3, -0.25) is 24.5 Å². The Morgan fingerprint density at radius 2 is 2.03 bits per heavy atom. The highest BCUT2D eigenvalue weighted by molar-refractivity contribution is 6.33. The number of amides is 4. The normalized spacial score (nSPS) is 18.1. The number of fused-ring (bicyclic) bond motifs is 1. The van der Waals surface area contributed by atoms with Gasteiger partial charge in [-0.25, -0.2) is 4.39 Å². The van der Waals surface area contributed by atoms with Crippen LogP contribution in [0.4, 0.5) is 4.39 Å². The molecule has 0 spiro atoms. The first kappa shape index (κ1) is 21.0. The maximum absolute atomic E-state index is 13.7. The Balaban J connectivity index is 1.49. The second-order valence-corrected chi connectivity index (χ2v) is 7.99. The van der Waals surface area contributed by atoms with Gasteiger partial charge in [0.1, 0.15) is 11.9 Å². The second-order valence-electron chi connectivity index (χ2n) is 7.61. The number of hydrogen-bond donors (Lipinski definition) is 2. The van der Waals surface area contributed by atoms with E-state index in [2.05, 4.69) is 10.6 Å². The van der Waals surface area contributed by atoms with E-state index in [0.717, 1.165) is 0 Å². The molecular formula is C22H19ClFN3O4. The van der Waals surface area contributed by atoms with Crippen molar-refractivity contribution < 1.29 is 23.6 Å². The number of nitrogens with zero attached hydrogens (tertiary/aromatic N) is 1. The molecule has 9 heteroatoms. The van der Waals surface area contributed by atoms with Crippen LogP contribution in [0.2, 0.25) is 5.02 Å². The predicted molar refractivity (Wildman–Crippen MR) is 110 cm³/mol. The Bertz CT molecular complexity index is 1130. The molecule has 7 nitrogen and oxygen atoms in total. The summed E-state index contributed by atoms with van der Waals surface area (Å²) in [6, 6.07) is 6.76. The van der Waals surface area contributed by atoms with E-state index in [1.165, 1.54) is 23.1 Å². The van der Waals surface area contributed by atoms with E-state index in [-0.39, 0.29) is 43.3 Å². The van der Waals surface area contributed by atoms with Crippen molar-refractivity contribution in [2.24, 2.45) is 0 Å². The Labute approximate surface area is 182 Å². The van der Waals surface area contributed by atoms with Gasteiger partial charge in [0.05, 0.1) is 5.02 Å². The van der Waals surface area contributed by atoms with Crippen molar-refractivity contribution in [1.82, 2.24) is 15.5 Å². The van der Waals surface area contributed by atoms with E-state index in [9.17, 15) is 23.6 Å². The first-order chi connectivity index (χ1) is 14.8. The molecule has 0 aliphatic carbocycles. The van der Waals surface area contributed by atoms with Crippen LogP contribution in [0.25, 0.3) is 0 Å². The highest BCUT2D eigenvalue weighted by Crippen LogP contribution is 2.34. The van der Waals surface area contributed by atoms with Crippen molar-refractivity contribution in [3.8, 4) is 0 Å². The van der Waals surface area contributed by atoms with E-state index in [0.29, 0.717) is 27.3 Å². The van der Waals surface area contributed by atoms with Gasteiger partial charge in [-0.15, -0.1) is 0 Å². The fraction of sp³-hybridized carbons (Fsp3) is 0.273. The fourth-order valence-corrected chi connectivity index (χ4v) is 4.09. The zero-order valence-electron chi connectivity index (χ0n) is 16.6. The third-order valence-corrected chi connectivity index (χ3v) is 6.07. The maximum atomic E-state index is 13.7.